The third-order valence-electron chi connectivity index (χ3n) is 2.97. The summed E-state index contributed by atoms with van der Waals surface area (Å²) >= 11 is 1.57. The first-order valence-corrected chi connectivity index (χ1v) is 7.33. The van der Waals surface area contributed by atoms with Crippen molar-refractivity contribution in [2.45, 2.75) is 19.9 Å². The monoisotopic (exact) mass is 308 g/mol. The Kier molecular flexibility index (Phi) is 3.84. The molecule has 0 fully saturated rings. The Morgan fingerprint density at radius 1 is 1.38 bits per heavy atom. The largest absolute Gasteiger partial charge is 0.384 e. The van der Waals surface area contributed by atoms with Crippen LogP contribution in [0.3, 0.4) is 0 Å². The summed E-state index contributed by atoms with van der Waals surface area (Å²) in [6.45, 7) is 3.02. The highest BCUT2D eigenvalue weighted by Gasteiger charge is 2.12. The number of rotatable bonds is 6. The minimum Gasteiger partial charge on any atom is -0.384 e. The molecule has 0 spiro atoms. The summed E-state index contributed by atoms with van der Waals surface area (Å²) < 4.78 is 13.0. The third-order valence-corrected chi connectivity index (χ3v) is 4.08. The number of aromatic nitrogens is 5. The van der Waals surface area contributed by atoms with E-state index in [1.807, 2.05) is 14.0 Å². The zero-order valence-corrected chi connectivity index (χ0v) is 12.9. The number of fused-ring (bicyclic) bond motifs is 1. The molecule has 1 N–H and O–H groups in total. The molecule has 3 aromatic heterocycles. The van der Waals surface area contributed by atoms with Crippen molar-refractivity contribution >= 4 is 26.8 Å². The normalized spacial score (nSPS) is 11.4. The summed E-state index contributed by atoms with van der Waals surface area (Å²) in [6, 6.07) is 0. The third kappa shape index (κ3) is 2.88. The van der Waals surface area contributed by atoms with Crippen LogP contribution >= 0.6 is 11.3 Å². The maximum Gasteiger partial charge on any atom is 0.229 e. The molecule has 0 aromatic carbocycles. The second-order valence-corrected chi connectivity index (χ2v) is 5.58. The maximum absolute atomic E-state index is 5.13. The topological polar surface area (TPSA) is 90.9 Å². The molecule has 0 radical (unpaired) electrons. The number of hydrogen-bond donors (Lipinski definition) is 1. The number of nitrogens with zero attached hydrogens (tertiary/aromatic N) is 5. The Balaban J connectivity index is 1.65. The van der Waals surface area contributed by atoms with Crippen molar-refractivity contribution in [1.82, 2.24) is 24.9 Å². The van der Waals surface area contributed by atoms with Gasteiger partial charge in [0, 0.05) is 14.2 Å². The molecule has 0 saturated heterocycles. The minimum absolute atomic E-state index is 0.475. The Bertz CT molecular complexity index is 712. The van der Waals surface area contributed by atoms with E-state index in [-0.39, 0.29) is 0 Å². The first-order chi connectivity index (χ1) is 10.2. The Hall–Kier alpha value is -2.00. The van der Waals surface area contributed by atoms with Gasteiger partial charge in [-0.05, 0) is 6.92 Å². The van der Waals surface area contributed by atoms with E-state index in [0.717, 1.165) is 21.2 Å². The van der Waals surface area contributed by atoms with Crippen LogP contribution in [-0.2, 0) is 24.8 Å². The van der Waals surface area contributed by atoms with E-state index < -0.39 is 0 Å². The van der Waals surface area contributed by atoms with Gasteiger partial charge < -0.3 is 14.6 Å². The SMILES string of the molecule is COCCc1nc(CNc2nc3c(s2)c(C)nn3C)no1. The number of nitrogens with one attached hydrogen (secondary N) is 1. The van der Waals surface area contributed by atoms with E-state index in [1.54, 1.807) is 23.1 Å². The molecule has 0 atom stereocenters. The molecule has 0 aliphatic heterocycles. The molecule has 0 unspecified atom stereocenters. The summed E-state index contributed by atoms with van der Waals surface area (Å²) in [7, 11) is 3.53. The number of aryl methyl sites for hydroxylation is 2. The molecule has 0 saturated carbocycles. The van der Waals surface area contributed by atoms with Crippen molar-refractivity contribution in [3.8, 4) is 0 Å². The zero-order chi connectivity index (χ0) is 14.8. The standard InChI is InChI=1S/C12H16N6O2S/c1-7-10-11(18(2)16-7)15-12(21-10)13-6-8-14-9(20-17-8)4-5-19-3/h4-6H2,1-3H3,(H,13,15). The van der Waals surface area contributed by atoms with Crippen molar-refractivity contribution in [2.75, 3.05) is 19.0 Å². The van der Waals surface area contributed by atoms with Crippen LogP contribution in [0.4, 0.5) is 5.13 Å². The molecule has 3 heterocycles. The number of methoxy groups -OCH3 is 1. The van der Waals surface area contributed by atoms with Gasteiger partial charge in [-0.15, -0.1) is 0 Å². The lowest BCUT2D eigenvalue weighted by Gasteiger charge is -1.96. The van der Waals surface area contributed by atoms with Gasteiger partial charge in [-0.2, -0.15) is 10.1 Å². The molecule has 0 amide bonds. The van der Waals surface area contributed by atoms with Crippen molar-refractivity contribution in [3.63, 3.8) is 0 Å². The predicted molar refractivity (Wildman–Crippen MR) is 78.3 cm³/mol. The number of hydrogen-bond acceptors (Lipinski definition) is 8. The summed E-state index contributed by atoms with van der Waals surface area (Å²) in [6.07, 6.45) is 0.621. The summed E-state index contributed by atoms with van der Waals surface area (Å²) in [5.41, 5.74) is 1.87. The molecule has 9 heteroatoms. The molecule has 8 nitrogen and oxygen atoms in total. The van der Waals surface area contributed by atoms with Crippen LogP contribution in [0.25, 0.3) is 10.3 Å². The molecule has 3 rings (SSSR count). The first-order valence-electron chi connectivity index (χ1n) is 6.51. The fraction of sp³-hybridized carbons (Fsp3) is 0.500. The van der Waals surface area contributed by atoms with Crippen molar-refractivity contribution in [1.29, 1.82) is 0 Å². The van der Waals surface area contributed by atoms with Crippen LogP contribution < -0.4 is 5.32 Å². The summed E-state index contributed by atoms with van der Waals surface area (Å²) in [4.78, 5) is 8.78. The number of ether oxygens (including phenoxy) is 1. The fourth-order valence-corrected chi connectivity index (χ4v) is 2.90. The molecule has 0 bridgehead atoms. The van der Waals surface area contributed by atoms with Crippen molar-refractivity contribution in [2.24, 2.45) is 7.05 Å². The number of thiazole rings is 1. The van der Waals surface area contributed by atoms with Gasteiger partial charge in [0.1, 0.15) is 0 Å². The van der Waals surface area contributed by atoms with Crippen molar-refractivity contribution in [3.05, 3.63) is 17.4 Å². The van der Waals surface area contributed by atoms with Crippen LogP contribution in [0.1, 0.15) is 17.4 Å². The van der Waals surface area contributed by atoms with Gasteiger partial charge >= 0.3 is 0 Å². The lowest BCUT2D eigenvalue weighted by molar-refractivity contribution is 0.192. The molecule has 0 aliphatic rings. The second kappa shape index (κ2) is 5.78. The van der Waals surface area contributed by atoms with Gasteiger partial charge in [0.15, 0.2) is 16.6 Å². The van der Waals surface area contributed by atoms with E-state index in [2.05, 4.69) is 25.5 Å². The van der Waals surface area contributed by atoms with Gasteiger partial charge in [0.25, 0.3) is 0 Å². The fourth-order valence-electron chi connectivity index (χ4n) is 1.97. The molecule has 0 aliphatic carbocycles. The van der Waals surface area contributed by atoms with E-state index >= 15 is 0 Å². The van der Waals surface area contributed by atoms with Crippen LogP contribution in [0.5, 0.6) is 0 Å². The first kappa shape index (κ1) is 14.0. The number of anilines is 1. The summed E-state index contributed by atoms with van der Waals surface area (Å²) in [5.74, 6) is 1.19. The highest BCUT2D eigenvalue weighted by molar-refractivity contribution is 7.22. The predicted octanol–water partition coefficient (Wildman–Crippen LogP) is 1.52. The van der Waals surface area contributed by atoms with E-state index in [1.165, 1.54) is 0 Å². The van der Waals surface area contributed by atoms with E-state index in [4.69, 9.17) is 9.26 Å². The maximum atomic E-state index is 5.13. The van der Waals surface area contributed by atoms with Crippen molar-refractivity contribution < 1.29 is 9.26 Å². The molecular formula is C12H16N6O2S. The Labute approximate surface area is 125 Å². The average Bonchev–Trinajstić information content (AvgIpc) is 3.14. The molecular weight excluding hydrogens is 292 g/mol. The lowest BCUT2D eigenvalue weighted by atomic mass is 10.4. The smallest absolute Gasteiger partial charge is 0.229 e. The zero-order valence-electron chi connectivity index (χ0n) is 12.1. The van der Waals surface area contributed by atoms with Gasteiger partial charge in [0.05, 0.1) is 30.0 Å². The quantitative estimate of drug-likeness (QED) is 0.738. The van der Waals surface area contributed by atoms with Crippen LogP contribution in [0.15, 0.2) is 4.52 Å². The second-order valence-electron chi connectivity index (χ2n) is 4.58. The van der Waals surface area contributed by atoms with Gasteiger partial charge in [-0.25, -0.2) is 9.67 Å². The summed E-state index contributed by atoms with van der Waals surface area (Å²) in [5, 5.41) is 12.3. The van der Waals surface area contributed by atoms with Crippen LogP contribution in [0, 0.1) is 6.92 Å². The highest BCUT2D eigenvalue weighted by atomic mass is 32.1. The average molecular weight is 308 g/mol. The highest BCUT2D eigenvalue weighted by Crippen LogP contribution is 2.28. The minimum atomic E-state index is 0.475. The lowest BCUT2D eigenvalue weighted by Crippen LogP contribution is -2.02. The van der Waals surface area contributed by atoms with Crippen LogP contribution in [-0.4, -0.2) is 38.6 Å². The van der Waals surface area contributed by atoms with E-state index in [9.17, 15) is 0 Å². The van der Waals surface area contributed by atoms with Gasteiger partial charge in [-0.1, -0.05) is 16.5 Å². The molecule has 112 valence electrons. The molecule has 3 aromatic rings. The Morgan fingerprint density at radius 3 is 3.00 bits per heavy atom. The van der Waals surface area contributed by atoms with Gasteiger partial charge in [-0.3, -0.25) is 0 Å². The van der Waals surface area contributed by atoms with Crippen LogP contribution in [0.2, 0.25) is 0 Å². The van der Waals surface area contributed by atoms with Gasteiger partial charge in [0.2, 0.25) is 5.89 Å². The van der Waals surface area contributed by atoms with E-state index in [0.29, 0.717) is 31.3 Å². The Morgan fingerprint density at radius 2 is 2.24 bits per heavy atom. The molecule has 21 heavy (non-hydrogen) atoms.